The number of nitrogens with two attached hydrogens (primary N) is 1. The van der Waals surface area contributed by atoms with Crippen molar-refractivity contribution in [2.24, 2.45) is 0 Å². The predicted octanol–water partition coefficient (Wildman–Crippen LogP) is 4.00. The number of pyridine rings is 1. The molecule has 1 aliphatic heterocycles. The first-order valence-electron chi connectivity index (χ1n) is 9.15. The molecular weight excluding hydrogens is 452 g/mol. The quantitative estimate of drug-likeness (QED) is 0.485. The van der Waals surface area contributed by atoms with Crippen LogP contribution in [0.5, 0.6) is 0 Å². The maximum Gasteiger partial charge on any atom is 0.186 e. The number of hydrogen-bond donors (Lipinski definition) is 1. The predicted molar refractivity (Wildman–Crippen MR) is 119 cm³/mol. The van der Waals surface area contributed by atoms with E-state index in [1.165, 1.54) is 6.33 Å². The lowest BCUT2D eigenvalue weighted by molar-refractivity contribution is 0.122. The Morgan fingerprint density at radius 1 is 1.10 bits per heavy atom. The van der Waals surface area contributed by atoms with E-state index in [2.05, 4.69) is 41.8 Å². The third-order valence-electron chi connectivity index (χ3n) is 4.80. The molecular formula is C20H17BrN6OS. The fourth-order valence-electron chi connectivity index (χ4n) is 3.38. The van der Waals surface area contributed by atoms with Gasteiger partial charge in [-0.05, 0) is 29.3 Å². The molecule has 3 aromatic heterocycles. The minimum atomic E-state index is 0.419. The van der Waals surface area contributed by atoms with Gasteiger partial charge in [-0.1, -0.05) is 39.4 Å². The van der Waals surface area contributed by atoms with Crippen molar-refractivity contribution in [2.75, 3.05) is 36.9 Å². The summed E-state index contributed by atoms with van der Waals surface area (Å²) < 4.78 is 6.43. The molecule has 4 aromatic rings. The Morgan fingerprint density at radius 3 is 2.79 bits per heavy atom. The Labute approximate surface area is 179 Å². The molecule has 1 fully saturated rings. The molecule has 1 saturated heterocycles. The first kappa shape index (κ1) is 18.4. The van der Waals surface area contributed by atoms with Crippen LogP contribution in [0, 0.1) is 0 Å². The lowest BCUT2D eigenvalue weighted by Crippen LogP contribution is -2.36. The van der Waals surface area contributed by atoms with Crippen LogP contribution < -0.4 is 10.6 Å². The average molecular weight is 469 g/mol. The molecule has 5 rings (SSSR count). The van der Waals surface area contributed by atoms with E-state index in [1.54, 1.807) is 11.3 Å². The van der Waals surface area contributed by atoms with Gasteiger partial charge in [-0.3, -0.25) is 0 Å². The maximum absolute atomic E-state index is 6.19. The standard InChI is InChI=1S/C20H17BrN6OS/c21-13-3-1-2-12(8-13)14-9-15(26-19-17(14)18(22)24-11-25-19)16-10-23-20(29-16)27-4-6-28-7-5-27/h1-3,8-11H,4-7H2,(H2,22,24,25,26). The Balaban J connectivity index is 1.65. The highest BCUT2D eigenvalue weighted by Gasteiger charge is 2.18. The highest BCUT2D eigenvalue weighted by atomic mass is 79.9. The van der Waals surface area contributed by atoms with Gasteiger partial charge in [-0.2, -0.15) is 0 Å². The molecule has 9 heteroatoms. The van der Waals surface area contributed by atoms with E-state index in [-0.39, 0.29) is 0 Å². The molecule has 0 amide bonds. The number of fused-ring (bicyclic) bond motifs is 1. The summed E-state index contributed by atoms with van der Waals surface area (Å²) in [6.07, 6.45) is 3.32. The normalized spacial score (nSPS) is 14.4. The third-order valence-corrected chi connectivity index (χ3v) is 6.37. The average Bonchev–Trinajstić information content (AvgIpc) is 3.24. The monoisotopic (exact) mass is 468 g/mol. The second kappa shape index (κ2) is 7.66. The van der Waals surface area contributed by atoms with Crippen molar-refractivity contribution in [2.45, 2.75) is 0 Å². The van der Waals surface area contributed by atoms with E-state index >= 15 is 0 Å². The van der Waals surface area contributed by atoms with Crippen LogP contribution in [0.3, 0.4) is 0 Å². The van der Waals surface area contributed by atoms with Gasteiger partial charge in [0.1, 0.15) is 12.1 Å². The van der Waals surface area contributed by atoms with Crippen LogP contribution in [-0.4, -0.2) is 46.2 Å². The fourth-order valence-corrected chi connectivity index (χ4v) is 4.71. The number of rotatable bonds is 3. The Kier molecular flexibility index (Phi) is 4.86. The summed E-state index contributed by atoms with van der Waals surface area (Å²) >= 11 is 5.18. The number of nitrogen functional groups attached to an aromatic ring is 1. The van der Waals surface area contributed by atoms with Gasteiger partial charge >= 0.3 is 0 Å². The van der Waals surface area contributed by atoms with Crippen molar-refractivity contribution >= 4 is 49.2 Å². The SMILES string of the molecule is Nc1ncnc2nc(-c3cnc(N4CCOCC4)s3)cc(-c3cccc(Br)c3)c12. The number of halogens is 1. The second-order valence-corrected chi connectivity index (χ2v) is 8.55. The van der Waals surface area contributed by atoms with Crippen molar-refractivity contribution < 1.29 is 4.74 Å². The highest BCUT2D eigenvalue weighted by Crippen LogP contribution is 2.37. The van der Waals surface area contributed by atoms with Crippen molar-refractivity contribution in [1.29, 1.82) is 0 Å². The van der Waals surface area contributed by atoms with E-state index < -0.39 is 0 Å². The molecule has 29 heavy (non-hydrogen) atoms. The number of hydrogen-bond acceptors (Lipinski definition) is 8. The summed E-state index contributed by atoms with van der Waals surface area (Å²) in [5.74, 6) is 0.419. The van der Waals surface area contributed by atoms with E-state index in [9.17, 15) is 0 Å². The lowest BCUT2D eigenvalue weighted by atomic mass is 10.0. The summed E-state index contributed by atoms with van der Waals surface area (Å²) in [6, 6.07) is 10.1. The molecule has 0 atom stereocenters. The summed E-state index contributed by atoms with van der Waals surface area (Å²) in [5.41, 5.74) is 9.56. The minimum absolute atomic E-state index is 0.419. The van der Waals surface area contributed by atoms with Crippen molar-refractivity contribution in [3.63, 3.8) is 0 Å². The molecule has 0 aliphatic carbocycles. The zero-order valence-electron chi connectivity index (χ0n) is 15.4. The van der Waals surface area contributed by atoms with Crippen LogP contribution in [0.2, 0.25) is 0 Å². The van der Waals surface area contributed by atoms with Crippen molar-refractivity contribution in [3.8, 4) is 21.7 Å². The molecule has 0 bridgehead atoms. The third kappa shape index (κ3) is 3.57. The fraction of sp³-hybridized carbons (Fsp3) is 0.200. The molecule has 0 radical (unpaired) electrons. The molecule has 1 aliphatic rings. The molecule has 7 nitrogen and oxygen atoms in total. The molecule has 2 N–H and O–H groups in total. The van der Waals surface area contributed by atoms with Crippen LogP contribution in [0.4, 0.5) is 10.9 Å². The summed E-state index contributed by atoms with van der Waals surface area (Å²) in [4.78, 5) is 21.2. The van der Waals surface area contributed by atoms with Crippen molar-refractivity contribution in [1.82, 2.24) is 19.9 Å². The van der Waals surface area contributed by atoms with Gasteiger partial charge in [0.05, 0.1) is 29.2 Å². The molecule has 1 aromatic carbocycles. The Bertz CT molecular complexity index is 1190. The number of anilines is 2. The molecule has 0 saturated carbocycles. The molecule has 146 valence electrons. The largest absolute Gasteiger partial charge is 0.383 e. The smallest absolute Gasteiger partial charge is 0.186 e. The number of morpholine rings is 1. The molecule has 0 spiro atoms. The number of thiazole rings is 1. The van der Waals surface area contributed by atoms with Gasteiger partial charge in [-0.25, -0.2) is 19.9 Å². The number of ether oxygens (including phenoxy) is 1. The van der Waals surface area contributed by atoms with Crippen molar-refractivity contribution in [3.05, 3.63) is 47.3 Å². The van der Waals surface area contributed by atoms with E-state index in [0.29, 0.717) is 11.5 Å². The topological polar surface area (TPSA) is 90.0 Å². The van der Waals surface area contributed by atoms with Crippen LogP contribution in [-0.2, 0) is 4.74 Å². The second-order valence-electron chi connectivity index (χ2n) is 6.63. The van der Waals surface area contributed by atoms with E-state index in [1.807, 2.05) is 30.5 Å². The first-order valence-corrected chi connectivity index (χ1v) is 10.8. The van der Waals surface area contributed by atoms with Crippen LogP contribution in [0.15, 0.2) is 47.3 Å². The number of nitrogens with zero attached hydrogens (tertiary/aromatic N) is 5. The van der Waals surface area contributed by atoms with Crippen LogP contribution in [0.1, 0.15) is 0 Å². The molecule has 4 heterocycles. The summed E-state index contributed by atoms with van der Waals surface area (Å²) in [7, 11) is 0. The van der Waals surface area contributed by atoms with E-state index in [0.717, 1.165) is 63.0 Å². The lowest BCUT2D eigenvalue weighted by Gasteiger charge is -2.25. The van der Waals surface area contributed by atoms with E-state index in [4.69, 9.17) is 15.5 Å². The number of aromatic nitrogens is 4. The molecule has 0 unspecified atom stereocenters. The maximum atomic E-state index is 6.19. The van der Waals surface area contributed by atoms with Gasteiger partial charge in [0.15, 0.2) is 10.8 Å². The Hall–Kier alpha value is -2.62. The zero-order valence-corrected chi connectivity index (χ0v) is 17.8. The Morgan fingerprint density at radius 2 is 1.97 bits per heavy atom. The van der Waals surface area contributed by atoms with Gasteiger partial charge in [-0.15, -0.1) is 0 Å². The number of benzene rings is 1. The van der Waals surface area contributed by atoms with Gasteiger partial charge in [0.2, 0.25) is 0 Å². The highest BCUT2D eigenvalue weighted by molar-refractivity contribution is 9.10. The summed E-state index contributed by atoms with van der Waals surface area (Å²) in [5, 5.41) is 1.74. The van der Waals surface area contributed by atoms with Gasteiger partial charge in [0, 0.05) is 23.8 Å². The van der Waals surface area contributed by atoms with Gasteiger partial charge in [0.25, 0.3) is 0 Å². The van der Waals surface area contributed by atoms with Gasteiger partial charge < -0.3 is 15.4 Å². The summed E-state index contributed by atoms with van der Waals surface area (Å²) in [6.45, 7) is 3.16. The first-order chi connectivity index (χ1) is 14.2. The zero-order chi connectivity index (χ0) is 19.8. The minimum Gasteiger partial charge on any atom is -0.383 e. The van der Waals surface area contributed by atoms with Crippen LogP contribution >= 0.6 is 27.3 Å². The van der Waals surface area contributed by atoms with Crippen LogP contribution in [0.25, 0.3) is 32.7 Å².